The molecule has 0 radical (unpaired) electrons. The SMILES string of the molecule is COc1cc2nnn(-c3ccc(CNS(N)(=O)=O)cc3)c2cc1C. The van der Waals surface area contributed by atoms with Crippen LogP contribution in [-0.2, 0) is 16.8 Å². The maximum atomic E-state index is 10.9. The summed E-state index contributed by atoms with van der Waals surface area (Å²) < 4.78 is 31.1. The van der Waals surface area contributed by atoms with Gasteiger partial charge in [0, 0.05) is 12.6 Å². The molecule has 0 aliphatic heterocycles. The van der Waals surface area contributed by atoms with E-state index in [-0.39, 0.29) is 6.54 Å². The molecule has 0 spiro atoms. The van der Waals surface area contributed by atoms with Gasteiger partial charge >= 0.3 is 0 Å². The maximum absolute atomic E-state index is 10.9. The van der Waals surface area contributed by atoms with Crippen LogP contribution in [0.2, 0.25) is 0 Å². The van der Waals surface area contributed by atoms with Gasteiger partial charge in [-0.1, -0.05) is 17.3 Å². The lowest BCUT2D eigenvalue weighted by atomic mass is 10.2. The molecule has 1 aromatic heterocycles. The monoisotopic (exact) mass is 347 g/mol. The minimum absolute atomic E-state index is 0.132. The number of ether oxygens (including phenoxy) is 1. The molecule has 8 nitrogen and oxygen atoms in total. The summed E-state index contributed by atoms with van der Waals surface area (Å²) in [5.74, 6) is 0.763. The Morgan fingerprint density at radius 2 is 1.96 bits per heavy atom. The molecular formula is C15H17N5O3S. The van der Waals surface area contributed by atoms with E-state index in [2.05, 4.69) is 15.0 Å². The van der Waals surface area contributed by atoms with Gasteiger partial charge in [-0.3, -0.25) is 0 Å². The van der Waals surface area contributed by atoms with Crippen molar-refractivity contribution in [3.8, 4) is 11.4 Å². The third-order valence-electron chi connectivity index (χ3n) is 3.62. The summed E-state index contributed by atoms with van der Waals surface area (Å²) in [6.07, 6.45) is 0. The molecule has 0 saturated heterocycles. The zero-order valence-corrected chi connectivity index (χ0v) is 14.0. The molecule has 0 amide bonds. The van der Waals surface area contributed by atoms with Crippen LogP contribution in [-0.4, -0.2) is 30.5 Å². The van der Waals surface area contributed by atoms with E-state index < -0.39 is 10.2 Å². The topological polar surface area (TPSA) is 112 Å². The molecule has 3 rings (SSSR count). The fourth-order valence-electron chi connectivity index (χ4n) is 2.40. The molecule has 126 valence electrons. The molecule has 3 N–H and O–H groups in total. The molecule has 0 saturated carbocycles. The summed E-state index contributed by atoms with van der Waals surface area (Å²) in [6.45, 7) is 2.09. The highest BCUT2D eigenvalue weighted by Gasteiger charge is 2.10. The number of benzene rings is 2. The summed E-state index contributed by atoms with van der Waals surface area (Å²) in [5.41, 5.74) is 4.19. The number of hydrogen-bond acceptors (Lipinski definition) is 5. The van der Waals surface area contributed by atoms with Crippen LogP contribution in [0.15, 0.2) is 36.4 Å². The molecule has 1 heterocycles. The van der Waals surface area contributed by atoms with Gasteiger partial charge < -0.3 is 4.74 Å². The first-order valence-electron chi connectivity index (χ1n) is 7.14. The molecule has 2 aromatic carbocycles. The first-order valence-corrected chi connectivity index (χ1v) is 8.69. The number of fused-ring (bicyclic) bond motifs is 1. The summed E-state index contributed by atoms with van der Waals surface area (Å²) in [6, 6.07) is 11.1. The quantitative estimate of drug-likeness (QED) is 0.716. The van der Waals surface area contributed by atoms with Gasteiger partial charge in [0.1, 0.15) is 11.3 Å². The van der Waals surface area contributed by atoms with Gasteiger partial charge in [0.05, 0.1) is 18.3 Å². The van der Waals surface area contributed by atoms with Crippen LogP contribution in [0, 0.1) is 6.92 Å². The van der Waals surface area contributed by atoms with E-state index >= 15 is 0 Å². The molecule has 0 bridgehead atoms. The van der Waals surface area contributed by atoms with Crippen molar-refractivity contribution in [2.24, 2.45) is 5.14 Å². The molecule has 3 aromatic rings. The first kappa shape index (κ1) is 16.4. The molecule has 9 heteroatoms. The normalized spacial score (nSPS) is 11.8. The number of nitrogens with one attached hydrogen (secondary N) is 1. The number of aryl methyl sites for hydroxylation is 1. The largest absolute Gasteiger partial charge is 0.496 e. The van der Waals surface area contributed by atoms with Gasteiger partial charge in [-0.25, -0.2) is 9.82 Å². The Balaban J connectivity index is 1.92. The van der Waals surface area contributed by atoms with Crippen LogP contribution in [0.5, 0.6) is 5.75 Å². The van der Waals surface area contributed by atoms with Crippen molar-refractivity contribution in [1.82, 2.24) is 19.7 Å². The molecule has 0 fully saturated rings. The molecular weight excluding hydrogens is 330 g/mol. The smallest absolute Gasteiger partial charge is 0.274 e. The molecule has 0 atom stereocenters. The van der Waals surface area contributed by atoms with E-state index in [4.69, 9.17) is 9.88 Å². The highest BCUT2D eigenvalue weighted by atomic mass is 32.2. The fraction of sp³-hybridized carbons (Fsp3) is 0.200. The number of methoxy groups -OCH3 is 1. The minimum Gasteiger partial charge on any atom is -0.496 e. The highest BCUT2D eigenvalue weighted by Crippen LogP contribution is 2.25. The zero-order valence-electron chi connectivity index (χ0n) is 13.2. The second-order valence-electron chi connectivity index (χ2n) is 5.34. The second-order valence-corrected chi connectivity index (χ2v) is 6.72. The van der Waals surface area contributed by atoms with Crippen molar-refractivity contribution in [2.45, 2.75) is 13.5 Å². The average Bonchev–Trinajstić information content (AvgIpc) is 2.94. The van der Waals surface area contributed by atoms with Crippen molar-refractivity contribution >= 4 is 21.2 Å². The number of rotatable bonds is 5. The molecule has 24 heavy (non-hydrogen) atoms. The lowest BCUT2D eigenvalue weighted by Gasteiger charge is -2.07. The van der Waals surface area contributed by atoms with Crippen molar-refractivity contribution < 1.29 is 13.2 Å². The van der Waals surface area contributed by atoms with Crippen molar-refractivity contribution in [1.29, 1.82) is 0 Å². The van der Waals surface area contributed by atoms with E-state index in [0.717, 1.165) is 33.6 Å². The van der Waals surface area contributed by atoms with E-state index in [1.54, 1.807) is 23.9 Å². The van der Waals surface area contributed by atoms with E-state index in [1.165, 1.54) is 0 Å². The van der Waals surface area contributed by atoms with Gasteiger partial charge in [0.25, 0.3) is 10.2 Å². The van der Waals surface area contributed by atoms with Crippen molar-refractivity contribution in [2.75, 3.05) is 7.11 Å². The van der Waals surface area contributed by atoms with Gasteiger partial charge in [-0.2, -0.15) is 13.1 Å². The maximum Gasteiger partial charge on any atom is 0.274 e. The number of nitrogens with two attached hydrogens (primary N) is 1. The van der Waals surface area contributed by atoms with Gasteiger partial charge in [0.15, 0.2) is 0 Å². The fourth-order valence-corrected chi connectivity index (χ4v) is 2.77. The van der Waals surface area contributed by atoms with Crippen LogP contribution in [0.3, 0.4) is 0 Å². The molecule has 0 aliphatic carbocycles. The summed E-state index contributed by atoms with van der Waals surface area (Å²) >= 11 is 0. The Bertz CT molecular complexity index is 980. The predicted molar refractivity (Wildman–Crippen MR) is 90.1 cm³/mol. The summed E-state index contributed by atoms with van der Waals surface area (Å²) in [4.78, 5) is 0. The van der Waals surface area contributed by atoms with Gasteiger partial charge in [-0.15, -0.1) is 5.10 Å². The van der Waals surface area contributed by atoms with Gasteiger partial charge in [0.2, 0.25) is 0 Å². The van der Waals surface area contributed by atoms with E-state index in [0.29, 0.717) is 0 Å². The first-order chi connectivity index (χ1) is 11.4. The predicted octanol–water partition coefficient (Wildman–Crippen LogP) is 1.03. The third kappa shape index (κ3) is 3.37. The van der Waals surface area contributed by atoms with E-state index in [1.807, 2.05) is 31.2 Å². The van der Waals surface area contributed by atoms with E-state index in [9.17, 15) is 8.42 Å². The van der Waals surface area contributed by atoms with Gasteiger partial charge in [-0.05, 0) is 36.2 Å². The van der Waals surface area contributed by atoms with Crippen LogP contribution >= 0.6 is 0 Å². The molecule has 0 aliphatic rings. The lowest BCUT2D eigenvalue weighted by molar-refractivity contribution is 0.412. The Hall–Kier alpha value is -2.49. The Morgan fingerprint density at radius 3 is 2.58 bits per heavy atom. The van der Waals surface area contributed by atoms with Crippen molar-refractivity contribution in [3.63, 3.8) is 0 Å². The molecule has 0 unspecified atom stereocenters. The van der Waals surface area contributed by atoms with Crippen LogP contribution < -0.4 is 14.6 Å². The van der Waals surface area contributed by atoms with Crippen LogP contribution in [0.4, 0.5) is 0 Å². The number of hydrogen-bond donors (Lipinski definition) is 2. The highest BCUT2D eigenvalue weighted by molar-refractivity contribution is 7.87. The van der Waals surface area contributed by atoms with Crippen molar-refractivity contribution in [3.05, 3.63) is 47.5 Å². The van der Waals surface area contributed by atoms with Crippen LogP contribution in [0.25, 0.3) is 16.7 Å². The Morgan fingerprint density at radius 1 is 1.25 bits per heavy atom. The second kappa shape index (κ2) is 6.19. The average molecular weight is 347 g/mol. The lowest BCUT2D eigenvalue weighted by Crippen LogP contribution is -2.30. The summed E-state index contributed by atoms with van der Waals surface area (Å²) in [7, 11) is -2.09. The Labute approximate surface area is 139 Å². The number of aromatic nitrogens is 3. The number of nitrogens with zero attached hydrogens (tertiary/aromatic N) is 3. The zero-order chi connectivity index (χ0) is 17.3. The summed E-state index contributed by atoms with van der Waals surface area (Å²) in [5, 5.41) is 13.3. The minimum atomic E-state index is -3.71. The Kier molecular flexibility index (Phi) is 4.22. The third-order valence-corrected chi connectivity index (χ3v) is 4.17. The standard InChI is InChI=1S/C15H17N5O3S/c1-10-7-14-13(8-15(10)23-2)18-19-20(14)12-5-3-11(4-6-12)9-17-24(16,21)22/h3-8,17H,9H2,1-2H3,(H2,16,21,22). The van der Waals surface area contributed by atoms with Crippen LogP contribution in [0.1, 0.15) is 11.1 Å².